The topological polar surface area (TPSA) is 24.5 Å². The van der Waals surface area contributed by atoms with Gasteiger partial charge in [0.1, 0.15) is 0 Å². The van der Waals surface area contributed by atoms with E-state index < -0.39 is 0 Å². The largest absolute Gasteiger partial charge is 0.377 e. The number of rotatable bonds is 10. The van der Waals surface area contributed by atoms with Crippen molar-refractivity contribution in [3.05, 3.63) is 0 Å². The van der Waals surface area contributed by atoms with Gasteiger partial charge < -0.3 is 15.0 Å². The molecule has 0 aromatic heterocycles. The Morgan fingerprint density at radius 3 is 2.19 bits per heavy atom. The summed E-state index contributed by atoms with van der Waals surface area (Å²) in [5, 5.41) is 3.58. The van der Waals surface area contributed by atoms with E-state index in [2.05, 4.69) is 45.1 Å². The second kappa shape index (κ2) is 10.1. The highest BCUT2D eigenvalue weighted by molar-refractivity contribution is 4.68. The molecule has 0 saturated carbocycles. The molecule has 0 fully saturated rings. The third-order valence-corrected chi connectivity index (χ3v) is 2.92. The van der Waals surface area contributed by atoms with Gasteiger partial charge in [0.2, 0.25) is 0 Å². The molecule has 1 unspecified atom stereocenters. The van der Waals surface area contributed by atoms with Crippen molar-refractivity contribution in [2.75, 3.05) is 33.8 Å². The zero-order chi connectivity index (χ0) is 12.4. The SMILES string of the molecule is CCOC(CCN(C)C)CNC(CC)CC. The Kier molecular flexibility index (Phi) is 9.99. The lowest BCUT2D eigenvalue weighted by atomic mass is 10.1. The molecule has 16 heavy (non-hydrogen) atoms. The van der Waals surface area contributed by atoms with Gasteiger partial charge in [-0.2, -0.15) is 0 Å². The van der Waals surface area contributed by atoms with Crippen molar-refractivity contribution >= 4 is 0 Å². The van der Waals surface area contributed by atoms with Gasteiger partial charge in [-0.05, 0) is 40.3 Å². The smallest absolute Gasteiger partial charge is 0.0711 e. The van der Waals surface area contributed by atoms with E-state index in [4.69, 9.17) is 4.74 Å². The number of hydrogen-bond acceptors (Lipinski definition) is 3. The number of nitrogens with one attached hydrogen (secondary N) is 1. The first kappa shape index (κ1) is 15.9. The van der Waals surface area contributed by atoms with Crippen LogP contribution in [0.1, 0.15) is 40.0 Å². The summed E-state index contributed by atoms with van der Waals surface area (Å²) in [7, 11) is 4.22. The third-order valence-electron chi connectivity index (χ3n) is 2.92. The Morgan fingerprint density at radius 1 is 1.12 bits per heavy atom. The molecule has 0 heterocycles. The van der Waals surface area contributed by atoms with Gasteiger partial charge in [0.15, 0.2) is 0 Å². The average molecular weight is 230 g/mol. The maximum atomic E-state index is 5.74. The van der Waals surface area contributed by atoms with Gasteiger partial charge in [-0.15, -0.1) is 0 Å². The van der Waals surface area contributed by atoms with E-state index in [1.165, 1.54) is 12.8 Å². The molecule has 3 nitrogen and oxygen atoms in total. The molecule has 0 aliphatic rings. The molecule has 0 aromatic carbocycles. The lowest BCUT2D eigenvalue weighted by Crippen LogP contribution is -2.37. The van der Waals surface area contributed by atoms with E-state index >= 15 is 0 Å². The molecular weight excluding hydrogens is 200 g/mol. The number of hydrogen-bond donors (Lipinski definition) is 1. The molecule has 1 atom stereocenters. The fourth-order valence-corrected chi connectivity index (χ4v) is 1.76. The summed E-state index contributed by atoms with van der Waals surface area (Å²) in [6.07, 6.45) is 3.85. The second-order valence-electron chi connectivity index (χ2n) is 4.59. The molecule has 0 radical (unpaired) electrons. The van der Waals surface area contributed by atoms with E-state index in [9.17, 15) is 0 Å². The summed E-state index contributed by atoms with van der Waals surface area (Å²) in [5.41, 5.74) is 0. The van der Waals surface area contributed by atoms with Crippen molar-refractivity contribution in [3.8, 4) is 0 Å². The molecule has 0 aliphatic heterocycles. The molecule has 0 bridgehead atoms. The van der Waals surface area contributed by atoms with E-state index in [1.54, 1.807) is 0 Å². The van der Waals surface area contributed by atoms with Crippen molar-refractivity contribution < 1.29 is 4.74 Å². The Labute approximate surface area is 102 Å². The third kappa shape index (κ3) is 8.08. The number of ether oxygens (including phenoxy) is 1. The predicted molar refractivity (Wildman–Crippen MR) is 71.0 cm³/mol. The molecular formula is C13H30N2O. The summed E-state index contributed by atoms with van der Waals surface area (Å²) >= 11 is 0. The first-order chi connectivity index (χ1) is 7.63. The van der Waals surface area contributed by atoms with Crippen molar-refractivity contribution in [2.45, 2.75) is 52.2 Å². The summed E-state index contributed by atoms with van der Waals surface area (Å²) in [5.74, 6) is 0. The highest BCUT2D eigenvalue weighted by atomic mass is 16.5. The molecule has 1 N–H and O–H groups in total. The molecule has 0 aliphatic carbocycles. The van der Waals surface area contributed by atoms with E-state index in [1.807, 2.05) is 0 Å². The Hall–Kier alpha value is -0.120. The maximum absolute atomic E-state index is 5.74. The minimum atomic E-state index is 0.355. The normalized spacial score (nSPS) is 13.7. The van der Waals surface area contributed by atoms with Gasteiger partial charge in [-0.1, -0.05) is 13.8 Å². The van der Waals surface area contributed by atoms with Crippen LogP contribution in [0.25, 0.3) is 0 Å². The minimum absolute atomic E-state index is 0.355. The fraction of sp³-hybridized carbons (Fsp3) is 1.00. The lowest BCUT2D eigenvalue weighted by Gasteiger charge is -2.22. The minimum Gasteiger partial charge on any atom is -0.377 e. The number of nitrogens with zero attached hydrogens (tertiary/aromatic N) is 1. The first-order valence-corrected chi connectivity index (χ1v) is 6.63. The second-order valence-corrected chi connectivity index (χ2v) is 4.59. The standard InChI is InChI=1S/C13H30N2O/c1-6-12(7-2)14-11-13(16-8-3)9-10-15(4)5/h12-14H,6-11H2,1-5H3. The highest BCUT2D eigenvalue weighted by Gasteiger charge is 2.11. The van der Waals surface area contributed by atoms with Crippen molar-refractivity contribution in [2.24, 2.45) is 0 Å². The van der Waals surface area contributed by atoms with Gasteiger partial charge in [0, 0.05) is 25.7 Å². The lowest BCUT2D eigenvalue weighted by molar-refractivity contribution is 0.0497. The van der Waals surface area contributed by atoms with Crippen LogP contribution in [-0.2, 0) is 4.74 Å². The predicted octanol–water partition coefficient (Wildman–Crippen LogP) is 2.12. The van der Waals surface area contributed by atoms with Gasteiger partial charge in [-0.3, -0.25) is 0 Å². The molecule has 0 spiro atoms. The van der Waals surface area contributed by atoms with Crippen molar-refractivity contribution in [1.29, 1.82) is 0 Å². The van der Waals surface area contributed by atoms with E-state index in [-0.39, 0.29) is 0 Å². The Bertz CT molecular complexity index is 147. The quantitative estimate of drug-likeness (QED) is 0.622. The van der Waals surface area contributed by atoms with Gasteiger partial charge >= 0.3 is 0 Å². The van der Waals surface area contributed by atoms with E-state index in [0.29, 0.717) is 12.1 Å². The fourth-order valence-electron chi connectivity index (χ4n) is 1.76. The molecule has 98 valence electrons. The molecule has 0 saturated heterocycles. The van der Waals surface area contributed by atoms with Gasteiger partial charge in [0.25, 0.3) is 0 Å². The van der Waals surface area contributed by atoms with Crippen LogP contribution in [0.15, 0.2) is 0 Å². The summed E-state index contributed by atoms with van der Waals surface area (Å²) in [6.45, 7) is 9.42. The highest BCUT2D eigenvalue weighted by Crippen LogP contribution is 2.02. The zero-order valence-corrected chi connectivity index (χ0v) is 11.8. The Morgan fingerprint density at radius 2 is 1.75 bits per heavy atom. The van der Waals surface area contributed by atoms with Crippen LogP contribution >= 0.6 is 0 Å². The summed E-state index contributed by atoms with van der Waals surface area (Å²) in [4.78, 5) is 2.21. The van der Waals surface area contributed by atoms with Gasteiger partial charge in [-0.25, -0.2) is 0 Å². The zero-order valence-electron chi connectivity index (χ0n) is 11.8. The molecule has 0 aromatic rings. The monoisotopic (exact) mass is 230 g/mol. The van der Waals surface area contributed by atoms with Crippen LogP contribution in [-0.4, -0.2) is 50.8 Å². The van der Waals surface area contributed by atoms with Crippen LogP contribution in [0.4, 0.5) is 0 Å². The maximum Gasteiger partial charge on any atom is 0.0711 e. The van der Waals surface area contributed by atoms with E-state index in [0.717, 1.165) is 26.1 Å². The van der Waals surface area contributed by atoms with Crippen molar-refractivity contribution in [3.63, 3.8) is 0 Å². The van der Waals surface area contributed by atoms with Crippen LogP contribution in [0.5, 0.6) is 0 Å². The van der Waals surface area contributed by atoms with Crippen LogP contribution in [0.2, 0.25) is 0 Å². The molecule has 0 amide bonds. The van der Waals surface area contributed by atoms with Crippen LogP contribution < -0.4 is 5.32 Å². The van der Waals surface area contributed by atoms with Crippen molar-refractivity contribution in [1.82, 2.24) is 10.2 Å². The Balaban J connectivity index is 3.82. The van der Waals surface area contributed by atoms with Crippen LogP contribution in [0.3, 0.4) is 0 Å². The summed E-state index contributed by atoms with van der Waals surface area (Å²) in [6, 6.07) is 0.641. The van der Waals surface area contributed by atoms with Crippen LogP contribution in [0, 0.1) is 0 Å². The average Bonchev–Trinajstić information content (AvgIpc) is 2.26. The van der Waals surface area contributed by atoms with Gasteiger partial charge in [0.05, 0.1) is 6.10 Å². The summed E-state index contributed by atoms with van der Waals surface area (Å²) < 4.78 is 5.74. The first-order valence-electron chi connectivity index (χ1n) is 6.63. The molecule has 3 heteroatoms. The molecule has 0 rings (SSSR count).